The molecule has 1 aliphatic heterocycles. The first-order valence-corrected chi connectivity index (χ1v) is 14.4. The van der Waals surface area contributed by atoms with Gasteiger partial charge in [0.2, 0.25) is 5.91 Å². The van der Waals surface area contributed by atoms with Crippen LogP contribution in [0.3, 0.4) is 0 Å². The van der Waals surface area contributed by atoms with Crippen molar-refractivity contribution in [2.24, 2.45) is 5.92 Å². The summed E-state index contributed by atoms with van der Waals surface area (Å²) < 4.78 is 40.6. The molecule has 0 bridgehead atoms. The highest BCUT2D eigenvalue weighted by atomic mass is 35.5. The van der Waals surface area contributed by atoms with Crippen LogP contribution < -0.4 is 10.6 Å². The summed E-state index contributed by atoms with van der Waals surface area (Å²) in [4.78, 5) is 29.1. The zero-order chi connectivity index (χ0) is 29.1. The Bertz CT molecular complexity index is 1390. The van der Waals surface area contributed by atoms with Gasteiger partial charge in [0, 0.05) is 34.5 Å². The monoisotopic (exact) mass is 583 g/mol. The lowest BCUT2D eigenvalue weighted by Gasteiger charge is -2.41. The van der Waals surface area contributed by atoms with Gasteiger partial charge in [-0.2, -0.15) is 13.2 Å². The lowest BCUT2D eigenvalue weighted by atomic mass is 9.83. The molecule has 216 valence electrons. The van der Waals surface area contributed by atoms with E-state index in [0.29, 0.717) is 36.0 Å². The van der Waals surface area contributed by atoms with E-state index in [1.165, 1.54) is 31.9 Å². The number of rotatable bonds is 6. The van der Waals surface area contributed by atoms with Crippen LogP contribution in [-0.4, -0.2) is 29.3 Å². The normalized spacial score (nSPS) is 19.7. The van der Waals surface area contributed by atoms with E-state index in [9.17, 15) is 22.8 Å². The van der Waals surface area contributed by atoms with Crippen molar-refractivity contribution in [3.63, 3.8) is 0 Å². The highest BCUT2D eigenvalue weighted by Crippen LogP contribution is 2.39. The number of hydrogen-bond acceptors (Lipinski definition) is 3. The Morgan fingerprint density at radius 3 is 2.20 bits per heavy atom. The molecule has 2 N–H and O–H groups in total. The standard InChI is InChI=1S/C32H33ClF3N3O2/c1-20-8-15-26(19-28(20)32(34,35)36)38-30(40)27-7-4-18-39(31(41)22-9-13-23(33)14-10-22)29(27)21-11-16-25(17-12-21)37-24-5-2-3-6-24/h8-17,19,24,27,29,37H,2-7,18H2,1H3,(H,38,40)/t27?,29-/m0/s1. The molecule has 1 aliphatic carbocycles. The second kappa shape index (κ2) is 12.1. The van der Waals surface area contributed by atoms with Crippen LogP contribution in [0.1, 0.15) is 71.6 Å². The van der Waals surface area contributed by atoms with Gasteiger partial charge in [0.05, 0.1) is 17.5 Å². The lowest BCUT2D eigenvalue weighted by molar-refractivity contribution is -0.138. The Kier molecular flexibility index (Phi) is 8.59. The Labute approximate surface area is 243 Å². The van der Waals surface area contributed by atoms with E-state index >= 15 is 0 Å². The maximum Gasteiger partial charge on any atom is 0.416 e. The van der Waals surface area contributed by atoms with E-state index in [1.54, 1.807) is 29.2 Å². The molecule has 2 amide bonds. The van der Waals surface area contributed by atoms with E-state index in [4.69, 9.17) is 11.6 Å². The van der Waals surface area contributed by atoms with E-state index in [2.05, 4.69) is 10.6 Å². The predicted molar refractivity (Wildman–Crippen MR) is 155 cm³/mol. The predicted octanol–water partition coefficient (Wildman–Crippen LogP) is 8.25. The Hall–Kier alpha value is -3.52. The second-order valence-corrected chi connectivity index (χ2v) is 11.4. The zero-order valence-corrected chi connectivity index (χ0v) is 23.6. The van der Waals surface area contributed by atoms with Crippen LogP contribution in [0.5, 0.6) is 0 Å². The van der Waals surface area contributed by atoms with Crippen molar-refractivity contribution in [1.29, 1.82) is 0 Å². The molecule has 2 aliphatic rings. The maximum atomic E-state index is 13.7. The fraction of sp³-hybridized carbons (Fsp3) is 0.375. The van der Waals surface area contributed by atoms with Gasteiger partial charge in [-0.25, -0.2) is 0 Å². The molecular formula is C32H33ClF3N3O2. The minimum Gasteiger partial charge on any atom is -0.382 e. The smallest absolute Gasteiger partial charge is 0.382 e. The van der Waals surface area contributed by atoms with E-state index in [-0.39, 0.29) is 17.2 Å². The lowest BCUT2D eigenvalue weighted by Crippen LogP contribution is -2.46. The second-order valence-electron chi connectivity index (χ2n) is 11.0. The van der Waals surface area contributed by atoms with E-state index in [0.717, 1.165) is 30.2 Å². The number of nitrogens with one attached hydrogen (secondary N) is 2. The van der Waals surface area contributed by atoms with Crippen LogP contribution in [0.4, 0.5) is 24.5 Å². The molecule has 5 nitrogen and oxygen atoms in total. The SMILES string of the molecule is Cc1ccc(NC(=O)C2CCCN(C(=O)c3ccc(Cl)cc3)[C@H]2c2ccc(NC3CCCC3)cc2)cc1C(F)(F)F. The number of alkyl halides is 3. The van der Waals surface area contributed by atoms with Crippen molar-refractivity contribution in [1.82, 2.24) is 4.90 Å². The summed E-state index contributed by atoms with van der Waals surface area (Å²) >= 11 is 6.04. The van der Waals surface area contributed by atoms with Gasteiger partial charge in [0.25, 0.3) is 5.91 Å². The Balaban J connectivity index is 1.45. The topological polar surface area (TPSA) is 61.4 Å². The number of likely N-dealkylation sites (tertiary alicyclic amines) is 1. The summed E-state index contributed by atoms with van der Waals surface area (Å²) in [7, 11) is 0. The number of hydrogen-bond donors (Lipinski definition) is 2. The summed E-state index contributed by atoms with van der Waals surface area (Å²) in [5, 5.41) is 6.78. The minimum atomic E-state index is -4.53. The number of halogens is 4. The Morgan fingerprint density at radius 1 is 0.878 bits per heavy atom. The minimum absolute atomic E-state index is 0.0731. The molecule has 2 atom stereocenters. The van der Waals surface area contributed by atoms with Crippen molar-refractivity contribution >= 4 is 34.8 Å². The number of benzene rings is 3. The summed E-state index contributed by atoms with van der Waals surface area (Å²) in [6, 6.07) is 18.1. The van der Waals surface area contributed by atoms with Gasteiger partial charge < -0.3 is 15.5 Å². The van der Waals surface area contributed by atoms with Crippen LogP contribution in [0, 0.1) is 12.8 Å². The Morgan fingerprint density at radius 2 is 1.54 bits per heavy atom. The van der Waals surface area contributed by atoms with Crippen molar-refractivity contribution < 1.29 is 22.8 Å². The molecule has 0 spiro atoms. The van der Waals surface area contributed by atoms with E-state index in [1.807, 2.05) is 24.3 Å². The molecular weight excluding hydrogens is 551 g/mol. The van der Waals surface area contributed by atoms with Crippen LogP contribution in [0.2, 0.25) is 5.02 Å². The molecule has 2 fully saturated rings. The average Bonchev–Trinajstić information content (AvgIpc) is 3.46. The number of anilines is 2. The maximum absolute atomic E-state index is 13.7. The third-order valence-corrected chi connectivity index (χ3v) is 8.36. The van der Waals surface area contributed by atoms with E-state index < -0.39 is 29.6 Å². The number of carbonyl (C=O) groups excluding carboxylic acids is 2. The molecule has 0 radical (unpaired) electrons. The van der Waals surface area contributed by atoms with Crippen molar-refractivity contribution in [2.45, 2.75) is 63.7 Å². The summed E-state index contributed by atoms with van der Waals surface area (Å²) in [6.07, 6.45) is 1.21. The van der Waals surface area contributed by atoms with Crippen LogP contribution >= 0.6 is 11.6 Å². The molecule has 1 unspecified atom stereocenters. The number of carbonyl (C=O) groups is 2. The third kappa shape index (κ3) is 6.70. The molecule has 1 saturated heterocycles. The molecule has 1 heterocycles. The molecule has 9 heteroatoms. The van der Waals surface area contributed by atoms with Crippen molar-refractivity contribution in [3.05, 3.63) is 94.0 Å². The van der Waals surface area contributed by atoms with Gasteiger partial charge in [-0.15, -0.1) is 0 Å². The highest BCUT2D eigenvalue weighted by molar-refractivity contribution is 6.30. The van der Waals surface area contributed by atoms with Gasteiger partial charge in [0.1, 0.15) is 0 Å². The van der Waals surface area contributed by atoms with Crippen LogP contribution in [0.25, 0.3) is 0 Å². The third-order valence-electron chi connectivity index (χ3n) is 8.11. The van der Waals surface area contributed by atoms with Crippen molar-refractivity contribution in [3.8, 4) is 0 Å². The van der Waals surface area contributed by atoms with Gasteiger partial charge in [-0.05, 0) is 92.3 Å². The fourth-order valence-electron chi connectivity index (χ4n) is 5.99. The average molecular weight is 584 g/mol. The highest BCUT2D eigenvalue weighted by Gasteiger charge is 2.40. The van der Waals surface area contributed by atoms with Gasteiger partial charge >= 0.3 is 6.18 Å². The number of aryl methyl sites for hydroxylation is 1. The number of nitrogens with zero attached hydrogens (tertiary/aromatic N) is 1. The first-order chi connectivity index (χ1) is 19.6. The van der Waals surface area contributed by atoms with Crippen LogP contribution in [-0.2, 0) is 11.0 Å². The quantitative estimate of drug-likeness (QED) is 0.307. The molecule has 3 aromatic rings. The molecule has 5 rings (SSSR count). The molecule has 0 aromatic heterocycles. The summed E-state index contributed by atoms with van der Waals surface area (Å²) in [6.45, 7) is 1.83. The zero-order valence-electron chi connectivity index (χ0n) is 22.8. The summed E-state index contributed by atoms with van der Waals surface area (Å²) in [5.74, 6) is -1.31. The number of piperidine rings is 1. The van der Waals surface area contributed by atoms with Crippen molar-refractivity contribution in [2.75, 3.05) is 17.2 Å². The molecule has 3 aromatic carbocycles. The first kappa shape index (κ1) is 29.0. The van der Waals surface area contributed by atoms with Gasteiger partial charge in [0.15, 0.2) is 0 Å². The van der Waals surface area contributed by atoms with Crippen LogP contribution in [0.15, 0.2) is 66.7 Å². The number of amides is 2. The largest absolute Gasteiger partial charge is 0.416 e. The van der Waals surface area contributed by atoms with Gasteiger partial charge in [-0.1, -0.05) is 42.6 Å². The fourth-order valence-corrected chi connectivity index (χ4v) is 6.12. The molecule has 1 saturated carbocycles. The van der Waals surface area contributed by atoms with Gasteiger partial charge in [-0.3, -0.25) is 9.59 Å². The molecule has 41 heavy (non-hydrogen) atoms. The summed E-state index contributed by atoms with van der Waals surface area (Å²) in [5.41, 5.74) is 1.59. The first-order valence-electron chi connectivity index (χ1n) is 14.0.